The van der Waals surface area contributed by atoms with Crippen LogP contribution in [0.15, 0.2) is 24.3 Å². The second-order valence-electron chi connectivity index (χ2n) is 4.01. The van der Waals surface area contributed by atoms with Gasteiger partial charge in [-0.15, -0.1) is 0 Å². The van der Waals surface area contributed by atoms with E-state index in [1.807, 2.05) is 0 Å². The largest absolute Gasteiger partial charge is 0.511 e. The van der Waals surface area contributed by atoms with Gasteiger partial charge in [-0.05, 0) is 11.1 Å². The highest BCUT2D eigenvalue weighted by atomic mass is 32.2. The number of hydrogen-bond donors (Lipinski definition) is 2. The Balaban J connectivity index is 2.31. The predicted octanol–water partition coefficient (Wildman–Crippen LogP) is 1.08. The van der Waals surface area contributed by atoms with Gasteiger partial charge in [0.15, 0.2) is 0 Å². The van der Waals surface area contributed by atoms with Crippen LogP contribution in [0.3, 0.4) is 0 Å². The highest BCUT2D eigenvalue weighted by Crippen LogP contribution is 2.34. The Morgan fingerprint density at radius 2 is 1.89 bits per heavy atom. The molecule has 1 aromatic carbocycles. The highest BCUT2D eigenvalue weighted by Gasteiger charge is 2.48. The van der Waals surface area contributed by atoms with E-state index in [0.29, 0.717) is 11.1 Å². The van der Waals surface area contributed by atoms with Gasteiger partial charge in [0.05, 0.1) is 12.1 Å². The van der Waals surface area contributed by atoms with Crippen molar-refractivity contribution in [2.75, 3.05) is 0 Å². The van der Waals surface area contributed by atoms with E-state index in [1.165, 1.54) is 10.8 Å². The number of nitrogens with one attached hydrogen (secondary N) is 1. The van der Waals surface area contributed by atoms with Gasteiger partial charge >= 0.3 is 15.5 Å². The Labute approximate surface area is 101 Å². The first-order valence-corrected chi connectivity index (χ1v) is 6.55. The maximum atomic E-state index is 12.3. The fraction of sp³-hybridized carbons (Fsp3) is 0.400. The molecular formula is C10H10F3NO3S. The second-order valence-corrected chi connectivity index (χ2v) is 5.72. The van der Waals surface area contributed by atoms with E-state index in [9.17, 15) is 26.7 Å². The lowest BCUT2D eigenvalue weighted by Gasteiger charge is -2.18. The Morgan fingerprint density at radius 1 is 1.28 bits per heavy atom. The first kappa shape index (κ1) is 13.3. The van der Waals surface area contributed by atoms with E-state index in [2.05, 4.69) is 0 Å². The normalized spacial score (nSPS) is 24.0. The van der Waals surface area contributed by atoms with Crippen LogP contribution in [0.4, 0.5) is 13.2 Å². The molecule has 0 aromatic heterocycles. The van der Waals surface area contributed by atoms with E-state index in [0.717, 1.165) is 0 Å². The molecule has 0 spiro atoms. The SMILES string of the molecule is O=S(=O)(N[C@@H]1c2ccccc2C[C@@H]1O)C(F)(F)F. The monoisotopic (exact) mass is 281 g/mol. The van der Waals surface area contributed by atoms with Crippen LogP contribution in [0.25, 0.3) is 0 Å². The second kappa shape index (κ2) is 4.22. The van der Waals surface area contributed by atoms with E-state index in [-0.39, 0.29) is 6.42 Å². The summed E-state index contributed by atoms with van der Waals surface area (Å²) >= 11 is 0. The van der Waals surface area contributed by atoms with Crippen LogP contribution in [-0.2, 0) is 16.4 Å². The minimum atomic E-state index is -5.47. The quantitative estimate of drug-likeness (QED) is 0.852. The van der Waals surface area contributed by atoms with Gasteiger partial charge in [0.2, 0.25) is 0 Å². The van der Waals surface area contributed by atoms with Crippen LogP contribution in [0, 0.1) is 0 Å². The molecule has 0 saturated heterocycles. The molecular weight excluding hydrogens is 271 g/mol. The van der Waals surface area contributed by atoms with Gasteiger partial charge in [-0.2, -0.15) is 17.9 Å². The number of alkyl halides is 3. The molecule has 0 aliphatic heterocycles. The van der Waals surface area contributed by atoms with Gasteiger partial charge in [0.25, 0.3) is 0 Å². The van der Waals surface area contributed by atoms with Crippen LogP contribution < -0.4 is 4.72 Å². The molecule has 18 heavy (non-hydrogen) atoms. The van der Waals surface area contributed by atoms with Crippen molar-refractivity contribution >= 4 is 10.0 Å². The summed E-state index contributed by atoms with van der Waals surface area (Å²) in [6.07, 6.45) is -1.07. The van der Waals surface area contributed by atoms with Gasteiger partial charge in [-0.25, -0.2) is 8.42 Å². The molecule has 0 radical (unpaired) electrons. The molecule has 2 atom stereocenters. The molecule has 0 bridgehead atoms. The zero-order valence-electron chi connectivity index (χ0n) is 8.98. The third-order valence-electron chi connectivity index (χ3n) is 2.79. The molecule has 1 aromatic rings. The molecule has 0 heterocycles. The molecule has 0 saturated carbocycles. The first-order valence-electron chi connectivity index (χ1n) is 5.07. The fourth-order valence-electron chi connectivity index (χ4n) is 1.95. The van der Waals surface area contributed by atoms with Crippen LogP contribution in [-0.4, -0.2) is 25.1 Å². The minimum Gasteiger partial charge on any atom is -0.391 e. The van der Waals surface area contributed by atoms with Crippen molar-refractivity contribution in [3.63, 3.8) is 0 Å². The molecule has 2 N–H and O–H groups in total. The Bertz CT molecular complexity index is 556. The Kier molecular flexibility index (Phi) is 3.12. The van der Waals surface area contributed by atoms with Crippen molar-refractivity contribution in [1.29, 1.82) is 0 Å². The van der Waals surface area contributed by atoms with Crippen molar-refractivity contribution in [3.05, 3.63) is 35.4 Å². The number of sulfonamides is 1. The lowest BCUT2D eigenvalue weighted by Crippen LogP contribution is -2.41. The zero-order valence-corrected chi connectivity index (χ0v) is 9.79. The lowest BCUT2D eigenvalue weighted by atomic mass is 10.1. The average molecular weight is 281 g/mol. The summed E-state index contributed by atoms with van der Waals surface area (Å²) in [7, 11) is -5.47. The molecule has 0 fully saturated rings. The molecule has 2 rings (SSSR count). The standard InChI is InChI=1S/C10H10F3NO3S/c11-10(12,13)18(16,17)14-9-7-4-2-1-3-6(7)5-8(9)15/h1-4,8-9,14-15H,5H2/t8-,9+/m0/s1. The maximum absolute atomic E-state index is 12.3. The number of aliphatic hydroxyl groups excluding tert-OH is 1. The maximum Gasteiger partial charge on any atom is 0.511 e. The van der Waals surface area contributed by atoms with Gasteiger partial charge in [0, 0.05) is 6.42 Å². The van der Waals surface area contributed by atoms with Crippen LogP contribution >= 0.6 is 0 Å². The fourth-order valence-corrected chi connectivity index (χ4v) is 2.70. The number of aliphatic hydroxyl groups is 1. The lowest BCUT2D eigenvalue weighted by molar-refractivity contribution is -0.0455. The van der Waals surface area contributed by atoms with E-state index in [1.54, 1.807) is 18.2 Å². The van der Waals surface area contributed by atoms with Crippen LogP contribution in [0.1, 0.15) is 17.2 Å². The summed E-state index contributed by atoms with van der Waals surface area (Å²) in [4.78, 5) is 0. The third kappa shape index (κ3) is 2.23. The molecule has 0 amide bonds. The number of hydrogen-bond acceptors (Lipinski definition) is 3. The molecule has 1 aliphatic rings. The van der Waals surface area contributed by atoms with E-state index in [4.69, 9.17) is 0 Å². The molecule has 8 heteroatoms. The van der Waals surface area contributed by atoms with E-state index < -0.39 is 27.7 Å². The van der Waals surface area contributed by atoms with Gasteiger partial charge in [0.1, 0.15) is 0 Å². The molecule has 100 valence electrons. The Morgan fingerprint density at radius 3 is 2.50 bits per heavy atom. The molecule has 1 aliphatic carbocycles. The highest BCUT2D eigenvalue weighted by molar-refractivity contribution is 7.90. The first-order chi connectivity index (χ1) is 8.22. The third-order valence-corrected chi connectivity index (χ3v) is 3.96. The summed E-state index contributed by atoms with van der Waals surface area (Å²) in [6, 6.07) is 5.13. The Hall–Kier alpha value is -1.12. The number of benzene rings is 1. The summed E-state index contributed by atoms with van der Waals surface area (Å²) in [6.45, 7) is 0. The zero-order chi connectivity index (χ0) is 13.6. The summed E-state index contributed by atoms with van der Waals surface area (Å²) in [5, 5.41) is 9.65. The number of rotatable bonds is 2. The molecule has 4 nitrogen and oxygen atoms in total. The van der Waals surface area contributed by atoms with Gasteiger partial charge in [-0.1, -0.05) is 24.3 Å². The topological polar surface area (TPSA) is 66.4 Å². The predicted molar refractivity (Wildman–Crippen MR) is 57.0 cm³/mol. The van der Waals surface area contributed by atoms with Crippen LogP contribution in [0.5, 0.6) is 0 Å². The van der Waals surface area contributed by atoms with Crippen molar-refractivity contribution in [3.8, 4) is 0 Å². The summed E-state index contributed by atoms with van der Waals surface area (Å²) in [5.41, 5.74) is -4.37. The van der Waals surface area contributed by atoms with Crippen molar-refractivity contribution < 1.29 is 26.7 Å². The number of halogens is 3. The van der Waals surface area contributed by atoms with Gasteiger partial charge in [-0.3, -0.25) is 0 Å². The minimum absolute atomic E-state index is 0.126. The smallest absolute Gasteiger partial charge is 0.391 e. The van der Waals surface area contributed by atoms with Gasteiger partial charge < -0.3 is 5.11 Å². The van der Waals surface area contributed by atoms with Crippen LogP contribution in [0.2, 0.25) is 0 Å². The summed E-state index contributed by atoms with van der Waals surface area (Å²) in [5.74, 6) is 0. The van der Waals surface area contributed by atoms with Crippen molar-refractivity contribution in [1.82, 2.24) is 4.72 Å². The number of fused-ring (bicyclic) bond motifs is 1. The average Bonchev–Trinajstić information content (AvgIpc) is 2.54. The molecule has 0 unspecified atom stereocenters. The summed E-state index contributed by atoms with van der Waals surface area (Å²) < 4.78 is 60.3. The van der Waals surface area contributed by atoms with E-state index >= 15 is 0 Å². The van der Waals surface area contributed by atoms with Crippen molar-refractivity contribution in [2.45, 2.75) is 24.1 Å². The van der Waals surface area contributed by atoms with Crippen molar-refractivity contribution in [2.24, 2.45) is 0 Å².